The molecule has 0 aliphatic heterocycles. The summed E-state index contributed by atoms with van der Waals surface area (Å²) >= 11 is 5.86. The maximum absolute atomic E-state index is 12.1. The lowest BCUT2D eigenvalue weighted by Crippen LogP contribution is -2.15. The summed E-state index contributed by atoms with van der Waals surface area (Å²) < 4.78 is 26.5. The molecular formula is C10H11ClN4O2S. The Morgan fingerprint density at radius 1 is 1.44 bits per heavy atom. The molecule has 2 rings (SSSR count). The molecule has 0 atom stereocenters. The van der Waals surface area contributed by atoms with E-state index < -0.39 is 10.0 Å². The van der Waals surface area contributed by atoms with Gasteiger partial charge in [-0.2, -0.15) is 5.10 Å². The van der Waals surface area contributed by atoms with Gasteiger partial charge in [0.15, 0.2) is 5.82 Å². The van der Waals surface area contributed by atoms with E-state index in [2.05, 4.69) is 14.9 Å². The number of sulfonamides is 1. The van der Waals surface area contributed by atoms with Crippen LogP contribution in [-0.4, -0.2) is 18.6 Å². The van der Waals surface area contributed by atoms with Crippen LogP contribution < -0.4 is 10.5 Å². The van der Waals surface area contributed by atoms with Crippen molar-refractivity contribution in [1.82, 2.24) is 10.2 Å². The Morgan fingerprint density at radius 3 is 2.72 bits per heavy atom. The van der Waals surface area contributed by atoms with Crippen molar-refractivity contribution < 1.29 is 8.42 Å². The normalized spacial score (nSPS) is 11.4. The van der Waals surface area contributed by atoms with E-state index in [1.54, 1.807) is 19.1 Å². The molecule has 0 saturated carbocycles. The van der Waals surface area contributed by atoms with Crippen LogP contribution in [0.5, 0.6) is 0 Å². The van der Waals surface area contributed by atoms with Gasteiger partial charge in [0.25, 0.3) is 10.0 Å². The number of H-pyrrole nitrogens is 1. The van der Waals surface area contributed by atoms with E-state index in [9.17, 15) is 8.42 Å². The minimum Gasteiger partial charge on any atom is -0.398 e. The predicted molar refractivity (Wildman–Crippen MR) is 70.0 cm³/mol. The van der Waals surface area contributed by atoms with Gasteiger partial charge in [-0.3, -0.25) is 9.82 Å². The summed E-state index contributed by atoms with van der Waals surface area (Å²) in [7, 11) is -3.85. The highest BCUT2D eigenvalue weighted by molar-refractivity contribution is 7.93. The van der Waals surface area contributed by atoms with E-state index in [1.165, 1.54) is 12.1 Å². The van der Waals surface area contributed by atoms with Crippen LogP contribution >= 0.6 is 11.6 Å². The smallest absolute Gasteiger partial charge is 0.266 e. The van der Waals surface area contributed by atoms with Crippen molar-refractivity contribution in [2.24, 2.45) is 0 Å². The summed E-state index contributed by atoms with van der Waals surface area (Å²) in [5.74, 6) is 0.187. The van der Waals surface area contributed by atoms with Gasteiger partial charge in [0.1, 0.15) is 4.90 Å². The van der Waals surface area contributed by atoms with Gasteiger partial charge in [0.05, 0.1) is 10.7 Å². The van der Waals surface area contributed by atoms with Crippen LogP contribution in [0.1, 0.15) is 5.69 Å². The summed E-state index contributed by atoms with van der Waals surface area (Å²) in [4.78, 5) is -0.146. The first-order chi connectivity index (χ1) is 8.40. The van der Waals surface area contributed by atoms with Gasteiger partial charge in [0, 0.05) is 11.8 Å². The summed E-state index contributed by atoms with van der Waals surface area (Å²) in [6, 6.07) is 6.07. The third-order valence-corrected chi connectivity index (χ3v) is 4.11. The molecule has 0 bridgehead atoms. The minimum absolute atomic E-state index is 0.0646. The lowest BCUT2D eigenvalue weighted by molar-refractivity contribution is 0.601. The monoisotopic (exact) mass is 286 g/mol. The Bertz CT molecular complexity index is 661. The van der Waals surface area contributed by atoms with Crippen molar-refractivity contribution in [3.8, 4) is 0 Å². The van der Waals surface area contributed by atoms with E-state index in [0.717, 1.165) is 5.69 Å². The van der Waals surface area contributed by atoms with Crippen molar-refractivity contribution in [3.05, 3.63) is 35.0 Å². The lowest BCUT2D eigenvalue weighted by Gasteiger charge is -2.09. The van der Waals surface area contributed by atoms with E-state index in [0.29, 0.717) is 0 Å². The zero-order valence-corrected chi connectivity index (χ0v) is 11.0. The van der Waals surface area contributed by atoms with E-state index in [4.69, 9.17) is 17.3 Å². The van der Waals surface area contributed by atoms with Crippen molar-refractivity contribution in [1.29, 1.82) is 0 Å². The molecule has 0 fully saturated rings. The molecular weight excluding hydrogens is 276 g/mol. The third kappa shape index (κ3) is 2.41. The SMILES string of the molecule is Cc1cc(NS(=O)(=O)c2c(N)cccc2Cl)n[nH]1. The second-order valence-electron chi connectivity index (χ2n) is 3.70. The largest absolute Gasteiger partial charge is 0.398 e. The number of benzene rings is 1. The number of nitrogens with two attached hydrogens (primary N) is 1. The molecule has 0 aliphatic rings. The molecule has 2 aromatic rings. The highest BCUT2D eigenvalue weighted by Crippen LogP contribution is 2.28. The van der Waals surface area contributed by atoms with Gasteiger partial charge in [-0.25, -0.2) is 8.42 Å². The van der Waals surface area contributed by atoms with Crippen molar-refractivity contribution in [2.45, 2.75) is 11.8 Å². The van der Waals surface area contributed by atoms with E-state index >= 15 is 0 Å². The van der Waals surface area contributed by atoms with Crippen LogP contribution in [0.4, 0.5) is 11.5 Å². The van der Waals surface area contributed by atoms with Crippen LogP contribution in [0.3, 0.4) is 0 Å². The number of anilines is 2. The van der Waals surface area contributed by atoms with Crippen LogP contribution in [0.15, 0.2) is 29.2 Å². The fraction of sp³-hybridized carbons (Fsp3) is 0.100. The minimum atomic E-state index is -3.85. The molecule has 0 radical (unpaired) electrons. The van der Waals surface area contributed by atoms with E-state index in [1.807, 2.05) is 0 Å². The van der Waals surface area contributed by atoms with Crippen molar-refractivity contribution in [2.75, 3.05) is 10.5 Å². The number of halogens is 1. The Hall–Kier alpha value is -1.73. The molecule has 0 amide bonds. The number of nitrogen functional groups attached to an aromatic ring is 1. The van der Waals surface area contributed by atoms with Crippen LogP contribution in [0.25, 0.3) is 0 Å². The Balaban J connectivity index is 2.43. The molecule has 0 aliphatic carbocycles. The highest BCUT2D eigenvalue weighted by Gasteiger charge is 2.21. The first-order valence-electron chi connectivity index (χ1n) is 4.99. The fourth-order valence-corrected chi connectivity index (χ4v) is 3.14. The number of aromatic amines is 1. The number of nitrogens with one attached hydrogen (secondary N) is 2. The number of hydrogen-bond donors (Lipinski definition) is 3. The molecule has 0 saturated heterocycles. The lowest BCUT2D eigenvalue weighted by atomic mass is 10.3. The van der Waals surface area contributed by atoms with Crippen molar-refractivity contribution in [3.63, 3.8) is 0 Å². The average molecular weight is 287 g/mol. The maximum Gasteiger partial charge on any atom is 0.266 e. The molecule has 8 heteroatoms. The molecule has 96 valence electrons. The summed E-state index contributed by atoms with van der Waals surface area (Å²) in [5, 5.41) is 6.48. The van der Waals surface area contributed by atoms with Crippen molar-refractivity contribution >= 4 is 33.1 Å². The molecule has 6 nitrogen and oxygen atoms in total. The van der Waals surface area contributed by atoms with Crippen LogP contribution in [0.2, 0.25) is 5.02 Å². The Kier molecular flexibility index (Phi) is 3.18. The predicted octanol–water partition coefficient (Wildman–Crippen LogP) is 1.75. The Labute approximate surface area is 109 Å². The first kappa shape index (κ1) is 12.7. The number of nitrogens with zero attached hydrogens (tertiary/aromatic N) is 1. The number of hydrogen-bond acceptors (Lipinski definition) is 4. The van der Waals surface area contributed by atoms with Crippen LogP contribution in [0, 0.1) is 6.92 Å². The number of rotatable bonds is 3. The Morgan fingerprint density at radius 2 is 2.17 bits per heavy atom. The highest BCUT2D eigenvalue weighted by atomic mass is 35.5. The number of aryl methyl sites for hydroxylation is 1. The van der Waals surface area contributed by atoms with Gasteiger partial charge in [-0.1, -0.05) is 17.7 Å². The topological polar surface area (TPSA) is 101 Å². The second-order valence-corrected chi connectivity index (χ2v) is 5.73. The molecule has 0 spiro atoms. The molecule has 0 unspecified atom stereocenters. The number of aromatic nitrogens is 2. The third-order valence-electron chi connectivity index (χ3n) is 2.21. The maximum atomic E-state index is 12.1. The summed E-state index contributed by atoms with van der Waals surface area (Å²) in [6.07, 6.45) is 0. The molecule has 1 aromatic heterocycles. The molecule has 4 N–H and O–H groups in total. The quantitative estimate of drug-likeness (QED) is 0.748. The fourth-order valence-electron chi connectivity index (χ4n) is 1.47. The van der Waals surface area contributed by atoms with Crippen LogP contribution in [-0.2, 0) is 10.0 Å². The van der Waals surface area contributed by atoms with Gasteiger partial charge < -0.3 is 5.73 Å². The first-order valence-corrected chi connectivity index (χ1v) is 6.85. The standard InChI is InChI=1S/C10H11ClN4O2S/c1-6-5-9(14-13-6)15-18(16,17)10-7(11)3-2-4-8(10)12/h2-5H,12H2,1H3,(H2,13,14,15). The zero-order valence-electron chi connectivity index (χ0n) is 9.44. The average Bonchev–Trinajstić information content (AvgIpc) is 2.62. The summed E-state index contributed by atoms with van der Waals surface area (Å²) in [6.45, 7) is 1.76. The molecule has 1 aromatic carbocycles. The van der Waals surface area contributed by atoms with Gasteiger partial charge >= 0.3 is 0 Å². The van der Waals surface area contributed by atoms with E-state index in [-0.39, 0.29) is 21.4 Å². The second kappa shape index (κ2) is 4.51. The zero-order chi connectivity index (χ0) is 13.3. The summed E-state index contributed by atoms with van der Waals surface area (Å²) in [5.41, 5.74) is 6.46. The van der Waals surface area contributed by atoms with Gasteiger partial charge in [-0.05, 0) is 19.1 Å². The molecule has 1 heterocycles. The van der Waals surface area contributed by atoms with Gasteiger partial charge in [0.2, 0.25) is 0 Å². The molecule has 18 heavy (non-hydrogen) atoms. The van der Waals surface area contributed by atoms with Gasteiger partial charge in [-0.15, -0.1) is 0 Å².